The zero-order valence-electron chi connectivity index (χ0n) is 11.2. The molecule has 20 heavy (non-hydrogen) atoms. The summed E-state index contributed by atoms with van der Waals surface area (Å²) in [5.74, 6) is 0.316. The van der Waals surface area contributed by atoms with Gasteiger partial charge in [0.25, 0.3) is 5.91 Å². The molecule has 6 heteroatoms. The number of carbonyl (C=O) groups excluding carboxylic acids is 2. The minimum Gasteiger partial charge on any atom is -0.395 e. The Morgan fingerprint density at radius 3 is 3.00 bits per heavy atom. The summed E-state index contributed by atoms with van der Waals surface area (Å²) in [5, 5.41) is 12.7. The number of amides is 2. The molecule has 0 spiro atoms. The Morgan fingerprint density at radius 2 is 2.30 bits per heavy atom. The predicted molar refractivity (Wildman–Crippen MR) is 75.5 cm³/mol. The highest BCUT2D eigenvalue weighted by Gasteiger charge is 2.44. The summed E-state index contributed by atoms with van der Waals surface area (Å²) in [4.78, 5) is 28.2. The fourth-order valence-electron chi connectivity index (χ4n) is 3.19. The van der Waals surface area contributed by atoms with Crippen LogP contribution < -0.4 is 0 Å². The van der Waals surface area contributed by atoms with Gasteiger partial charge in [-0.2, -0.15) is 11.3 Å². The zero-order chi connectivity index (χ0) is 14.1. The maximum atomic E-state index is 12.3. The Labute approximate surface area is 121 Å². The molecule has 3 rings (SSSR count). The first-order valence-electron chi connectivity index (χ1n) is 6.92. The second kappa shape index (κ2) is 5.54. The molecule has 1 N–H and O–H groups in total. The van der Waals surface area contributed by atoms with Crippen molar-refractivity contribution in [3.05, 3.63) is 22.4 Å². The molecule has 2 fully saturated rings. The van der Waals surface area contributed by atoms with E-state index in [2.05, 4.69) is 0 Å². The Kier molecular flexibility index (Phi) is 3.76. The molecule has 0 unspecified atom stereocenters. The van der Waals surface area contributed by atoms with E-state index in [1.165, 1.54) is 11.3 Å². The molecule has 2 amide bonds. The predicted octanol–water partition coefficient (Wildman–Crippen LogP) is 0.661. The lowest BCUT2D eigenvalue weighted by Crippen LogP contribution is -2.46. The monoisotopic (exact) mass is 294 g/mol. The first kappa shape index (κ1) is 13.6. The largest absolute Gasteiger partial charge is 0.395 e. The van der Waals surface area contributed by atoms with Gasteiger partial charge in [-0.15, -0.1) is 0 Å². The molecular weight excluding hydrogens is 276 g/mol. The first-order valence-corrected chi connectivity index (χ1v) is 7.86. The van der Waals surface area contributed by atoms with Gasteiger partial charge in [0.15, 0.2) is 0 Å². The molecule has 108 valence electrons. The number of fused-ring (bicyclic) bond motifs is 1. The van der Waals surface area contributed by atoms with E-state index in [9.17, 15) is 9.59 Å². The fraction of sp³-hybridized carbons (Fsp3) is 0.571. The number of rotatable bonds is 3. The number of aliphatic hydroxyl groups excluding tert-OH is 1. The Bertz CT molecular complexity index is 503. The van der Waals surface area contributed by atoms with Gasteiger partial charge in [0.05, 0.1) is 18.1 Å². The number of thiophene rings is 1. The van der Waals surface area contributed by atoms with Crippen molar-refractivity contribution in [3.8, 4) is 0 Å². The minimum absolute atomic E-state index is 0.000670. The van der Waals surface area contributed by atoms with Gasteiger partial charge in [-0.25, -0.2) is 0 Å². The van der Waals surface area contributed by atoms with Gasteiger partial charge in [0.2, 0.25) is 5.91 Å². The lowest BCUT2D eigenvalue weighted by Gasteiger charge is -2.33. The van der Waals surface area contributed by atoms with Crippen LogP contribution in [0.3, 0.4) is 0 Å². The molecule has 0 aliphatic carbocycles. The molecule has 5 nitrogen and oxygen atoms in total. The van der Waals surface area contributed by atoms with Gasteiger partial charge < -0.3 is 14.9 Å². The standard InChI is InChI=1S/C14H18N2O3S/c17-5-4-15-3-1-10-7-16(8-12(10)14(15)19)13(18)11-2-6-20-9-11/h2,6,9-10,12,17H,1,3-5,7-8H2/t10-,12-/m1/s1. The van der Waals surface area contributed by atoms with E-state index < -0.39 is 0 Å². The van der Waals surface area contributed by atoms with Gasteiger partial charge in [0.1, 0.15) is 0 Å². The Balaban J connectivity index is 1.69. The van der Waals surface area contributed by atoms with Gasteiger partial charge in [-0.05, 0) is 23.8 Å². The van der Waals surface area contributed by atoms with Crippen molar-refractivity contribution in [1.29, 1.82) is 0 Å². The number of hydrogen-bond acceptors (Lipinski definition) is 4. The zero-order valence-corrected chi connectivity index (χ0v) is 12.0. The lowest BCUT2D eigenvalue weighted by molar-refractivity contribution is -0.140. The van der Waals surface area contributed by atoms with E-state index >= 15 is 0 Å². The van der Waals surface area contributed by atoms with E-state index in [1.807, 2.05) is 16.8 Å². The van der Waals surface area contributed by atoms with E-state index in [4.69, 9.17) is 5.11 Å². The number of β-amino-alcohol motifs (C(OH)–C–C–N with tert-alkyl or cyclic N) is 1. The second-order valence-corrected chi connectivity index (χ2v) is 6.21. The maximum Gasteiger partial charge on any atom is 0.254 e. The van der Waals surface area contributed by atoms with Crippen molar-refractivity contribution < 1.29 is 14.7 Å². The van der Waals surface area contributed by atoms with Crippen LogP contribution >= 0.6 is 11.3 Å². The van der Waals surface area contributed by atoms with Crippen LogP contribution in [0.15, 0.2) is 16.8 Å². The summed E-state index contributed by atoms with van der Waals surface area (Å²) in [5.41, 5.74) is 0.716. The quantitative estimate of drug-likeness (QED) is 0.891. The molecule has 1 aromatic rings. The summed E-state index contributed by atoms with van der Waals surface area (Å²) in [6.07, 6.45) is 0.920. The van der Waals surface area contributed by atoms with Crippen molar-refractivity contribution in [3.63, 3.8) is 0 Å². The normalized spacial score (nSPS) is 25.9. The lowest BCUT2D eigenvalue weighted by atomic mass is 9.88. The summed E-state index contributed by atoms with van der Waals surface area (Å²) in [6.45, 7) is 2.29. The number of hydrogen-bond donors (Lipinski definition) is 1. The van der Waals surface area contributed by atoms with E-state index in [1.54, 1.807) is 9.80 Å². The number of nitrogens with zero attached hydrogens (tertiary/aromatic N) is 2. The summed E-state index contributed by atoms with van der Waals surface area (Å²) >= 11 is 1.51. The highest BCUT2D eigenvalue weighted by atomic mass is 32.1. The van der Waals surface area contributed by atoms with Crippen LogP contribution in [0.4, 0.5) is 0 Å². The van der Waals surface area contributed by atoms with Crippen LogP contribution in [0.5, 0.6) is 0 Å². The third-order valence-electron chi connectivity index (χ3n) is 4.26. The molecule has 2 aliphatic rings. The van der Waals surface area contributed by atoms with Gasteiger partial charge in [0, 0.05) is 31.6 Å². The molecule has 2 saturated heterocycles. The molecule has 2 aliphatic heterocycles. The third kappa shape index (κ3) is 2.33. The summed E-state index contributed by atoms with van der Waals surface area (Å²) < 4.78 is 0. The highest BCUT2D eigenvalue weighted by Crippen LogP contribution is 2.32. The van der Waals surface area contributed by atoms with Crippen molar-refractivity contribution in [1.82, 2.24) is 9.80 Å². The van der Waals surface area contributed by atoms with E-state index in [0.717, 1.165) is 6.42 Å². The van der Waals surface area contributed by atoms with Crippen LogP contribution in [-0.4, -0.2) is 59.5 Å². The molecule has 0 saturated carbocycles. The molecule has 0 aromatic carbocycles. The van der Waals surface area contributed by atoms with Gasteiger partial charge in [-0.1, -0.05) is 0 Å². The van der Waals surface area contributed by atoms with Crippen molar-refractivity contribution in [2.24, 2.45) is 11.8 Å². The number of aliphatic hydroxyl groups is 1. The van der Waals surface area contributed by atoms with Crippen molar-refractivity contribution in [2.45, 2.75) is 6.42 Å². The van der Waals surface area contributed by atoms with Crippen LogP contribution in [0.2, 0.25) is 0 Å². The molecular formula is C14H18N2O3S. The first-order chi connectivity index (χ1) is 9.70. The molecule has 0 bridgehead atoms. The summed E-state index contributed by atoms with van der Waals surface area (Å²) in [7, 11) is 0. The molecule has 2 atom stereocenters. The van der Waals surface area contributed by atoms with Gasteiger partial charge >= 0.3 is 0 Å². The third-order valence-corrected chi connectivity index (χ3v) is 4.95. The van der Waals surface area contributed by atoms with Crippen molar-refractivity contribution >= 4 is 23.2 Å². The molecule has 0 radical (unpaired) electrons. The van der Waals surface area contributed by atoms with Crippen molar-refractivity contribution in [2.75, 3.05) is 32.8 Å². The smallest absolute Gasteiger partial charge is 0.254 e. The highest BCUT2D eigenvalue weighted by molar-refractivity contribution is 7.08. The average Bonchev–Trinajstić information content (AvgIpc) is 3.10. The average molecular weight is 294 g/mol. The second-order valence-electron chi connectivity index (χ2n) is 5.43. The van der Waals surface area contributed by atoms with Crippen LogP contribution in [0, 0.1) is 11.8 Å². The summed E-state index contributed by atoms with van der Waals surface area (Å²) in [6, 6.07) is 1.83. The number of piperidine rings is 1. The number of carbonyl (C=O) groups is 2. The molecule has 3 heterocycles. The Morgan fingerprint density at radius 1 is 1.45 bits per heavy atom. The van der Waals surface area contributed by atoms with Crippen LogP contribution in [0.1, 0.15) is 16.8 Å². The fourth-order valence-corrected chi connectivity index (χ4v) is 3.82. The van der Waals surface area contributed by atoms with Gasteiger partial charge in [-0.3, -0.25) is 9.59 Å². The topological polar surface area (TPSA) is 60.9 Å². The Hall–Kier alpha value is -1.40. The maximum absolute atomic E-state index is 12.3. The van der Waals surface area contributed by atoms with Crippen LogP contribution in [-0.2, 0) is 4.79 Å². The molecule has 1 aromatic heterocycles. The SMILES string of the molecule is O=C(c1ccsc1)N1C[C@H]2CCN(CCO)C(=O)[C@@H]2C1. The van der Waals surface area contributed by atoms with Crippen LogP contribution in [0.25, 0.3) is 0 Å². The minimum atomic E-state index is -0.0853. The number of likely N-dealkylation sites (tertiary alicyclic amines) is 2. The van der Waals surface area contributed by atoms with E-state index in [0.29, 0.717) is 31.7 Å². The van der Waals surface area contributed by atoms with E-state index in [-0.39, 0.29) is 30.3 Å².